The smallest absolute Gasteiger partial charge is 0.337 e. The van der Waals surface area contributed by atoms with Gasteiger partial charge in [0.15, 0.2) is 0 Å². The van der Waals surface area contributed by atoms with Crippen LogP contribution in [0, 0.1) is 23.7 Å². The Labute approximate surface area is 127 Å². The fourth-order valence-electron chi connectivity index (χ4n) is 4.02. The summed E-state index contributed by atoms with van der Waals surface area (Å²) in [4.78, 5) is 38.0. The Hall–Kier alpha value is -2.43. The number of hydrogen-bond donors (Lipinski definition) is 0. The second kappa shape index (κ2) is 4.53. The van der Waals surface area contributed by atoms with E-state index in [2.05, 4.69) is 16.9 Å². The number of ether oxygens (including phenoxy) is 1. The Balaban J connectivity index is 1.65. The maximum Gasteiger partial charge on any atom is 0.337 e. The molecule has 1 aromatic rings. The molecule has 1 saturated carbocycles. The molecule has 112 valence electrons. The van der Waals surface area contributed by atoms with Crippen molar-refractivity contribution in [3.8, 4) is 0 Å². The maximum atomic E-state index is 12.6. The first-order valence-electron chi connectivity index (χ1n) is 7.36. The molecule has 1 heterocycles. The Morgan fingerprint density at radius 3 is 2.09 bits per heavy atom. The lowest BCUT2D eigenvalue weighted by Crippen LogP contribution is -2.32. The third-order valence-corrected chi connectivity index (χ3v) is 5.02. The number of imide groups is 1. The summed E-state index contributed by atoms with van der Waals surface area (Å²) in [6.07, 6.45) is 5.06. The quantitative estimate of drug-likeness (QED) is 0.474. The van der Waals surface area contributed by atoms with Gasteiger partial charge in [-0.15, -0.1) is 0 Å². The van der Waals surface area contributed by atoms with Crippen LogP contribution in [0.15, 0.2) is 36.4 Å². The normalized spacial score (nSPS) is 31.8. The molecule has 22 heavy (non-hydrogen) atoms. The van der Waals surface area contributed by atoms with Crippen molar-refractivity contribution in [2.75, 3.05) is 12.0 Å². The summed E-state index contributed by atoms with van der Waals surface area (Å²) in [5.74, 6) is -0.678. The second-order valence-electron chi connectivity index (χ2n) is 6.05. The monoisotopic (exact) mass is 297 g/mol. The molecular weight excluding hydrogens is 282 g/mol. The highest BCUT2D eigenvalue weighted by atomic mass is 16.5. The first-order chi connectivity index (χ1) is 10.6. The predicted octanol–water partition coefficient (Wildman–Crippen LogP) is 1.78. The number of nitrogens with zero attached hydrogens (tertiary/aromatic N) is 1. The van der Waals surface area contributed by atoms with Gasteiger partial charge in [0.05, 0.1) is 30.2 Å². The summed E-state index contributed by atoms with van der Waals surface area (Å²) in [5.41, 5.74) is 0.920. The van der Waals surface area contributed by atoms with Crippen LogP contribution in [-0.4, -0.2) is 24.9 Å². The van der Waals surface area contributed by atoms with E-state index in [1.54, 1.807) is 24.3 Å². The van der Waals surface area contributed by atoms with Gasteiger partial charge in [0.2, 0.25) is 11.8 Å². The lowest BCUT2D eigenvalue weighted by atomic mass is 9.85. The minimum atomic E-state index is -0.440. The van der Waals surface area contributed by atoms with Gasteiger partial charge in [-0.2, -0.15) is 0 Å². The van der Waals surface area contributed by atoms with Crippen LogP contribution in [0.25, 0.3) is 0 Å². The minimum Gasteiger partial charge on any atom is -0.465 e. The molecule has 2 fully saturated rings. The third kappa shape index (κ3) is 1.62. The molecule has 1 aliphatic heterocycles. The van der Waals surface area contributed by atoms with Crippen LogP contribution >= 0.6 is 0 Å². The average Bonchev–Trinajstić information content (AvgIpc) is 3.21. The minimum absolute atomic E-state index is 0.113. The first kappa shape index (κ1) is 13.2. The van der Waals surface area contributed by atoms with Gasteiger partial charge >= 0.3 is 5.97 Å². The van der Waals surface area contributed by atoms with Crippen molar-refractivity contribution in [3.63, 3.8) is 0 Å². The molecule has 0 N–H and O–H groups in total. The van der Waals surface area contributed by atoms with Gasteiger partial charge < -0.3 is 4.74 Å². The van der Waals surface area contributed by atoms with E-state index in [-0.39, 0.29) is 35.5 Å². The molecule has 0 unspecified atom stereocenters. The van der Waals surface area contributed by atoms with Gasteiger partial charge in [0.25, 0.3) is 0 Å². The van der Waals surface area contributed by atoms with Crippen molar-refractivity contribution < 1.29 is 19.1 Å². The van der Waals surface area contributed by atoms with Crippen LogP contribution in [-0.2, 0) is 14.3 Å². The SMILES string of the molecule is COC(=O)c1ccc(N2C(=O)[C@@H]3[C@H](C2=O)[C@@H]2C=C[C@H]3C2)cc1. The topological polar surface area (TPSA) is 63.7 Å². The zero-order valence-electron chi connectivity index (χ0n) is 12.1. The molecule has 0 radical (unpaired) electrons. The van der Waals surface area contributed by atoms with E-state index >= 15 is 0 Å². The van der Waals surface area contributed by atoms with Crippen molar-refractivity contribution in [1.82, 2.24) is 0 Å². The van der Waals surface area contributed by atoms with Crippen molar-refractivity contribution >= 4 is 23.5 Å². The summed E-state index contributed by atoms with van der Waals surface area (Å²) in [7, 11) is 1.31. The van der Waals surface area contributed by atoms with Gasteiger partial charge in [-0.25, -0.2) is 4.79 Å². The number of esters is 1. The number of amides is 2. The highest BCUT2D eigenvalue weighted by Crippen LogP contribution is 2.53. The third-order valence-electron chi connectivity index (χ3n) is 5.02. The lowest BCUT2D eigenvalue weighted by molar-refractivity contribution is -0.123. The highest BCUT2D eigenvalue weighted by molar-refractivity contribution is 6.22. The Kier molecular flexibility index (Phi) is 2.73. The molecule has 5 heteroatoms. The fourth-order valence-corrected chi connectivity index (χ4v) is 4.02. The van der Waals surface area contributed by atoms with E-state index in [0.29, 0.717) is 11.3 Å². The summed E-state index contributed by atoms with van der Waals surface area (Å²) in [6.45, 7) is 0. The van der Waals surface area contributed by atoms with Crippen LogP contribution in [0.4, 0.5) is 5.69 Å². The van der Waals surface area contributed by atoms with Crippen LogP contribution in [0.3, 0.4) is 0 Å². The van der Waals surface area contributed by atoms with E-state index in [4.69, 9.17) is 0 Å². The molecule has 0 aromatic heterocycles. The van der Waals surface area contributed by atoms with Gasteiger partial charge in [0, 0.05) is 0 Å². The van der Waals surface area contributed by atoms with E-state index in [1.807, 2.05) is 0 Å². The number of carbonyl (C=O) groups excluding carboxylic acids is 3. The van der Waals surface area contributed by atoms with Crippen LogP contribution < -0.4 is 4.90 Å². The Morgan fingerprint density at radius 1 is 1.05 bits per heavy atom. The zero-order chi connectivity index (χ0) is 15.4. The number of hydrogen-bond acceptors (Lipinski definition) is 4. The first-order valence-corrected chi connectivity index (χ1v) is 7.36. The van der Waals surface area contributed by atoms with Crippen LogP contribution in [0.5, 0.6) is 0 Å². The van der Waals surface area contributed by atoms with Gasteiger partial charge in [-0.1, -0.05) is 12.2 Å². The van der Waals surface area contributed by atoms with E-state index in [9.17, 15) is 14.4 Å². The van der Waals surface area contributed by atoms with Crippen molar-refractivity contribution in [1.29, 1.82) is 0 Å². The van der Waals surface area contributed by atoms with Gasteiger partial charge in [-0.05, 0) is 42.5 Å². The summed E-state index contributed by atoms with van der Waals surface area (Å²) >= 11 is 0. The number of carbonyl (C=O) groups is 3. The van der Waals surface area contributed by atoms with Crippen molar-refractivity contribution in [2.45, 2.75) is 6.42 Å². The van der Waals surface area contributed by atoms with Gasteiger partial charge in [-0.3, -0.25) is 14.5 Å². The van der Waals surface area contributed by atoms with Gasteiger partial charge in [0.1, 0.15) is 0 Å². The maximum absolute atomic E-state index is 12.6. The van der Waals surface area contributed by atoms with E-state index in [0.717, 1.165) is 6.42 Å². The standard InChI is InChI=1S/C17H15NO4/c1-22-17(21)9-4-6-12(7-5-9)18-15(19)13-10-2-3-11(8-10)14(13)16(18)20/h2-7,10-11,13-14H,8H2,1H3/t10-,11+,13-,14+. The highest BCUT2D eigenvalue weighted by Gasteiger charge is 2.59. The number of fused-ring (bicyclic) bond motifs is 5. The molecule has 4 rings (SSSR count). The molecule has 2 aliphatic carbocycles. The predicted molar refractivity (Wildman–Crippen MR) is 78.0 cm³/mol. The van der Waals surface area contributed by atoms with Crippen LogP contribution in [0.1, 0.15) is 16.8 Å². The summed E-state index contributed by atoms with van der Waals surface area (Å²) < 4.78 is 4.65. The number of benzene rings is 1. The second-order valence-corrected chi connectivity index (χ2v) is 6.05. The average molecular weight is 297 g/mol. The van der Waals surface area contributed by atoms with Crippen LogP contribution in [0.2, 0.25) is 0 Å². The molecule has 5 nitrogen and oxygen atoms in total. The molecule has 2 bridgehead atoms. The molecule has 0 spiro atoms. The lowest BCUT2D eigenvalue weighted by Gasteiger charge is -2.17. The van der Waals surface area contributed by atoms with Crippen molar-refractivity contribution in [3.05, 3.63) is 42.0 Å². The number of allylic oxidation sites excluding steroid dienone is 2. The van der Waals surface area contributed by atoms with Crippen molar-refractivity contribution in [2.24, 2.45) is 23.7 Å². The number of rotatable bonds is 2. The molecule has 1 aromatic carbocycles. The molecule has 3 aliphatic rings. The molecule has 4 atom stereocenters. The summed E-state index contributed by atoms with van der Waals surface area (Å²) in [6, 6.07) is 6.39. The Morgan fingerprint density at radius 2 is 1.59 bits per heavy atom. The van der Waals surface area contributed by atoms with E-state index in [1.165, 1.54) is 12.0 Å². The summed E-state index contributed by atoms with van der Waals surface area (Å²) in [5, 5.41) is 0. The molecule has 2 amide bonds. The van der Waals surface area contributed by atoms with E-state index < -0.39 is 5.97 Å². The Bertz CT molecular complexity index is 676. The largest absolute Gasteiger partial charge is 0.465 e. The number of anilines is 1. The fraction of sp³-hybridized carbons (Fsp3) is 0.353. The molecular formula is C17H15NO4. The number of methoxy groups -OCH3 is 1. The zero-order valence-corrected chi connectivity index (χ0v) is 12.1. The molecule has 1 saturated heterocycles.